The van der Waals surface area contributed by atoms with Gasteiger partial charge in [0.25, 0.3) is 0 Å². The van der Waals surface area contributed by atoms with E-state index in [2.05, 4.69) is 0 Å². The number of hydrogen-bond acceptors (Lipinski definition) is 2. The number of carboxylic acid groups (broad SMARTS) is 4. The molecule has 6 nitrogen and oxygen atoms in total. The van der Waals surface area contributed by atoms with E-state index >= 15 is 0 Å². The van der Waals surface area contributed by atoms with Gasteiger partial charge in [-0.05, 0) is 0 Å². The van der Waals surface area contributed by atoms with E-state index in [1.807, 2.05) is 0 Å². The van der Waals surface area contributed by atoms with E-state index in [0.717, 1.165) is 0 Å². The van der Waals surface area contributed by atoms with Gasteiger partial charge in [0, 0.05) is 0 Å². The van der Waals surface area contributed by atoms with Crippen molar-refractivity contribution in [2.45, 2.75) is 0 Å². The number of rotatable bonds is 0. The molecular formula is C2H6KLiO6. The van der Waals surface area contributed by atoms with Crippen LogP contribution in [0.1, 0.15) is 2.85 Å². The molecule has 0 unspecified atom stereocenters. The molecule has 8 heteroatoms. The average molecular weight is 172 g/mol. The molecule has 4 N–H and O–H groups in total. The molecule has 0 bridgehead atoms. The summed E-state index contributed by atoms with van der Waals surface area (Å²) in [5.74, 6) is 0. The Morgan fingerprint density at radius 2 is 0.900 bits per heavy atom. The topological polar surface area (TPSA) is 115 Å². The number of hydrogen-bond donors (Lipinski definition) is 4. The third kappa shape index (κ3) is 886. The molecule has 0 spiro atoms. The molecule has 0 fully saturated rings. The van der Waals surface area contributed by atoms with Crippen molar-refractivity contribution in [3.63, 3.8) is 0 Å². The summed E-state index contributed by atoms with van der Waals surface area (Å²) < 4.78 is 0. The van der Waals surface area contributed by atoms with E-state index in [0.29, 0.717) is 0 Å². The minimum atomic E-state index is -1.83. The minimum absolute atomic E-state index is 0. The zero-order chi connectivity index (χ0) is 7.15. The quantitative estimate of drug-likeness (QED) is 0.271. The van der Waals surface area contributed by atoms with Crippen LogP contribution in [0.25, 0.3) is 0 Å². The van der Waals surface area contributed by atoms with E-state index < -0.39 is 12.3 Å². The SMILES string of the molecule is O=C(O)O.O=C(O)O.[H-].[H-].[K+].[Li+]. The summed E-state index contributed by atoms with van der Waals surface area (Å²) in [5.41, 5.74) is 0. The summed E-state index contributed by atoms with van der Waals surface area (Å²) in [5, 5.41) is 27.9. The summed E-state index contributed by atoms with van der Waals surface area (Å²) in [6.45, 7) is 0. The Morgan fingerprint density at radius 1 is 0.900 bits per heavy atom. The zero-order valence-electron chi connectivity index (χ0n) is 7.61. The second-order valence-corrected chi connectivity index (χ2v) is 0.565. The van der Waals surface area contributed by atoms with Gasteiger partial charge in [-0.25, -0.2) is 9.59 Å². The van der Waals surface area contributed by atoms with Crippen molar-refractivity contribution in [1.29, 1.82) is 0 Å². The summed E-state index contributed by atoms with van der Waals surface area (Å²) >= 11 is 0. The molecule has 0 atom stereocenters. The first-order valence-corrected chi connectivity index (χ1v) is 1.30. The minimum Gasteiger partial charge on any atom is -1.00 e. The molecule has 0 aromatic rings. The van der Waals surface area contributed by atoms with Crippen LogP contribution < -0.4 is 70.2 Å². The van der Waals surface area contributed by atoms with Gasteiger partial charge in [0.2, 0.25) is 0 Å². The van der Waals surface area contributed by atoms with E-state index in [9.17, 15) is 0 Å². The smallest absolute Gasteiger partial charge is 1.00 e. The molecule has 0 aromatic heterocycles. The molecule has 10 heavy (non-hydrogen) atoms. The Hall–Kier alpha value is 0.774. The van der Waals surface area contributed by atoms with Gasteiger partial charge in [0.15, 0.2) is 0 Å². The van der Waals surface area contributed by atoms with Crippen LogP contribution in [0.15, 0.2) is 0 Å². The molecule has 0 aliphatic heterocycles. The van der Waals surface area contributed by atoms with Crippen LogP contribution >= 0.6 is 0 Å². The molecule has 0 aliphatic carbocycles. The third-order valence-corrected chi connectivity index (χ3v) is 0. The fraction of sp³-hybridized carbons (Fsp3) is 0. The summed E-state index contributed by atoms with van der Waals surface area (Å²) in [6, 6.07) is 0. The predicted molar refractivity (Wildman–Crippen MR) is 23.5 cm³/mol. The first kappa shape index (κ1) is 22.4. The summed E-state index contributed by atoms with van der Waals surface area (Å²) in [6.07, 6.45) is -3.67. The van der Waals surface area contributed by atoms with Crippen LogP contribution in [0.2, 0.25) is 0 Å². The standard InChI is InChI=1S/2CH2O3.K.Li.2H/c2*2-1(3)4;;;;/h2*(H2,2,3,4);;;;/q;;2*+1;2*-1. The van der Waals surface area contributed by atoms with Crippen LogP contribution in [-0.2, 0) is 0 Å². The van der Waals surface area contributed by atoms with Gasteiger partial charge in [0.1, 0.15) is 0 Å². The van der Waals surface area contributed by atoms with Gasteiger partial charge in [-0.3, -0.25) is 0 Å². The van der Waals surface area contributed by atoms with Crippen molar-refractivity contribution < 1.29 is 103 Å². The average Bonchev–Trinajstić information content (AvgIpc) is 1.25. The molecule has 0 rings (SSSR count). The van der Waals surface area contributed by atoms with Gasteiger partial charge in [-0.1, -0.05) is 0 Å². The molecule has 0 aliphatic rings. The van der Waals surface area contributed by atoms with Gasteiger partial charge in [-0.15, -0.1) is 0 Å². The van der Waals surface area contributed by atoms with Crippen LogP contribution in [0.5, 0.6) is 0 Å². The molecule has 52 valence electrons. The van der Waals surface area contributed by atoms with Crippen LogP contribution in [0.4, 0.5) is 9.59 Å². The second-order valence-electron chi connectivity index (χ2n) is 0.565. The van der Waals surface area contributed by atoms with E-state index in [-0.39, 0.29) is 73.1 Å². The predicted octanol–water partition coefficient (Wildman–Crippen LogP) is -5.32. The van der Waals surface area contributed by atoms with Gasteiger partial charge < -0.3 is 23.3 Å². The second kappa shape index (κ2) is 16.4. The molecule has 0 saturated carbocycles. The Kier molecular flexibility index (Phi) is 36.8. The van der Waals surface area contributed by atoms with Gasteiger partial charge in [-0.2, -0.15) is 0 Å². The first-order valence-electron chi connectivity index (χ1n) is 1.30. The maximum Gasteiger partial charge on any atom is 1.00 e. The van der Waals surface area contributed by atoms with Gasteiger partial charge in [0.05, 0.1) is 0 Å². The molecule has 0 aromatic carbocycles. The van der Waals surface area contributed by atoms with Crippen molar-refractivity contribution in [3.05, 3.63) is 0 Å². The normalized spacial score (nSPS) is 4.80. The summed E-state index contributed by atoms with van der Waals surface area (Å²) in [4.78, 5) is 17.1. The number of carbonyl (C=O) groups is 2. The van der Waals surface area contributed by atoms with Crippen molar-refractivity contribution in [3.8, 4) is 0 Å². The van der Waals surface area contributed by atoms with E-state index in [1.54, 1.807) is 0 Å². The van der Waals surface area contributed by atoms with E-state index in [4.69, 9.17) is 30.0 Å². The maximum atomic E-state index is 8.56. The Balaban J connectivity index is -0.0000000112. The molecule has 0 amide bonds. The fourth-order valence-electron chi connectivity index (χ4n) is 0. The largest absolute Gasteiger partial charge is 1.00 e. The van der Waals surface area contributed by atoms with Crippen molar-refractivity contribution in [2.75, 3.05) is 0 Å². The van der Waals surface area contributed by atoms with Crippen LogP contribution in [0.3, 0.4) is 0 Å². The molecule has 0 heterocycles. The molecular weight excluding hydrogens is 166 g/mol. The maximum absolute atomic E-state index is 8.56. The van der Waals surface area contributed by atoms with Crippen LogP contribution in [0, 0.1) is 0 Å². The Morgan fingerprint density at radius 3 is 0.900 bits per heavy atom. The molecule has 0 radical (unpaired) electrons. The van der Waals surface area contributed by atoms with Gasteiger partial charge >= 0.3 is 82.6 Å². The first-order chi connectivity index (χ1) is 3.46. The zero-order valence-corrected chi connectivity index (χ0v) is 8.73. The van der Waals surface area contributed by atoms with Crippen molar-refractivity contribution >= 4 is 12.3 Å². The molecule has 0 saturated heterocycles. The third-order valence-electron chi connectivity index (χ3n) is 0. The Bertz CT molecular complexity index is 81.5. The van der Waals surface area contributed by atoms with Crippen LogP contribution in [-0.4, -0.2) is 32.7 Å². The van der Waals surface area contributed by atoms with Crippen molar-refractivity contribution in [1.82, 2.24) is 0 Å². The summed E-state index contributed by atoms with van der Waals surface area (Å²) in [7, 11) is 0. The Labute approximate surface area is 114 Å². The fourth-order valence-corrected chi connectivity index (χ4v) is 0. The van der Waals surface area contributed by atoms with Crippen molar-refractivity contribution in [2.24, 2.45) is 0 Å². The monoisotopic (exact) mass is 172 g/mol. The van der Waals surface area contributed by atoms with E-state index in [1.165, 1.54) is 0 Å².